The first-order valence-electron chi connectivity index (χ1n) is 13.6. The highest BCUT2D eigenvalue weighted by Crippen LogP contribution is 2.75. The minimum atomic E-state index is -1.05. The molecule has 1 saturated carbocycles. The first kappa shape index (κ1) is 24.5. The van der Waals surface area contributed by atoms with Crippen LogP contribution in [0.25, 0.3) is 11.1 Å². The van der Waals surface area contributed by atoms with Crippen molar-refractivity contribution in [1.82, 2.24) is 0 Å². The Morgan fingerprint density at radius 2 is 1.05 bits per heavy atom. The maximum Gasteiger partial charge on any atom is 0.239 e. The number of nitrogens with zero attached hydrogens (tertiary/aromatic N) is 1. The Bertz CT molecular complexity index is 1430. The second-order valence-corrected chi connectivity index (χ2v) is 11.2. The van der Waals surface area contributed by atoms with Gasteiger partial charge in [0.2, 0.25) is 11.8 Å². The summed E-state index contributed by atoms with van der Waals surface area (Å²) in [7, 11) is 0. The van der Waals surface area contributed by atoms with Gasteiger partial charge >= 0.3 is 0 Å². The van der Waals surface area contributed by atoms with Crippen molar-refractivity contribution in [2.75, 3.05) is 4.90 Å². The minimum absolute atomic E-state index is 0.0430. The molecule has 0 N–H and O–H groups in total. The lowest BCUT2D eigenvalue weighted by molar-refractivity contribution is -0.134. The van der Waals surface area contributed by atoms with Crippen LogP contribution in [-0.4, -0.2) is 17.6 Å². The molecule has 1 heterocycles. The van der Waals surface area contributed by atoms with Gasteiger partial charge in [-0.2, -0.15) is 0 Å². The molecule has 0 aromatic heterocycles. The number of Topliss-reactive ketones (excluding diaryl/α,β-unsaturated/α-hetero) is 1. The van der Waals surface area contributed by atoms with Gasteiger partial charge in [-0.1, -0.05) is 92.2 Å². The predicted octanol–water partition coefficient (Wildman–Crippen LogP) is 6.72. The van der Waals surface area contributed by atoms with E-state index in [-0.39, 0.29) is 17.6 Å². The topological polar surface area (TPSA) is 54.5 Å². The number of carbonyl (C=O) groups is 3. The summed E-state index contributed by atoms with van der Waals surface area (Å²) in [4.78, 5) is 45.2. The van der Waals surface area contributed by atoms with Gasteiger partial charge in [0.25, 0.3) is 0 Å². The average molecular weight is 504 g/mol. The van der Waals surface area contributed by atoms with Crippen LogP contribution in [0.1, 0.15) is 54.5 Å². The monoisotopic (exact) mass is 503 g/mol. The molecule has 1 aliphatic heterocycles. The minimum Gasteiger partial charge on any atom is -0.298 e. The molecular formula is C34H33NO3. The number of fused-ring (bicyclic) bond motifs is 5. The van der Waals surface area contributed by atoms with E-state index in [0.717, 1.165) is 39.0 Å². The first-order chi connectivity index (χ1) is 18.3. The summed E-state index contributed by atoms with van der Waals surface area (Å²) in [5, 5.41) is 0. The molecule has 4 atom stereocenters. The standard InChI is InChI=1S/C34H33NO3/c1-6-33-25(23-14-10-8-11-15-23)26(24-16-12-9-13-17-24)34(7-2,32(33)38)28-27(33)30(36)35(31(28)37)29-21(4)18-20(3)19-22(29)5/h8-19,27-28H,6-7H2,1-5H3. The van der Waals surface area contributed by atoms with Crippen molar-refractivity contribution in [3.8, 4) is 0 Å². The molecule has 3 aliphatic rings. The molecule has 2 aliphatic carbocycles. The van der Waals surface area contributed by atoms with E-state index >= 15 is 0 Å². The lowest BCUT2D eigenvalue weighted by Crippen LogP contribution is -2.42. The molecule has 1 saturated heterocycles. The SMILES string of the molecule is CCC12C(=O)C(CC)(C(c3ccccc3)=C1c1ccccc1)C1C(=O)N(c3c(C)cc(C)cc3C)C(=O)C12. The molecular weight excluding hydrogens is 470 g/mol. The Labute approximate surface area is 224 Å². The molecule has 2 fully saturated rings. The summed E-state index contributed by atoms with van der Waals surface area (Å²) in [6.45, 7) is 9.93. The Morgan fingerprint density at radius 1 is 0.658 bits per heavy atom. The van der Waals surface area contributed by atoms with Crippen LogP contribution in [0.2, 0.25) is 0 Å². The molecule has 2 amide bonds. The lowest BCUT2D eigenvalue weighted by atomic mass is 9.60. The van der Waals surface area contributed by atoms with Crippen LogP contribution in [0.5, 0.6) is 0 Å². The molecule has 0 radical (unpaired) electrons. The Kier molecular flexibility index (Phi) is 5.40. The third-order valence-corrected chi connectivity index (χ3v) is 9.42. The van der Waals surface area contributed by atoms with Crippen molar-refractivity contribution in [2.45, 2.75) is 47.5 Å². The van der Waals surface area contributed by atoms with Gasteiger partial charge in [-0.25, -0.2) is 4.90 Å². The lowest BCUT2D eigenvalue weighted by Gasteiger charge is -2.38. The predicted molar refractivity (Wildman–Crippen MR) is 150 cm³/mol. The van der Waals surface area contributed by atoms with Gasteiger partial charge in [0, 0.05) is 0 Å². The van der Waals surface area contributed by atoms with Crippen LogP contribution in [0.3, 0.4) is 0 Å². The molecule has 3 aromatic carbocycles. The summed E-state index contributed by atoms with van der Waals surface area (Å²) < 4.78 is 0. The zero-order chi connectivity index (χ0) is 27.0. The van der Waals surface area contributed by atoms with Crippen LogP contribution in [0, 0.1) is 43.4 Å². The molecule has 192 valence electrons. The maximum absolute atomic E-state index is 14.8. The molecule has 3 aromatic rings. The molecule has 4 nitrogen and oxygen atoms in total. The Morgan fingerprint density at radius 3 is 1.42 bits per heavy atom. The summed E-state index contributed by atoms with van der Waals surface area (Å²) in [5.41, 5.74) is 5.23. The van der Waals surface area contributed by atoms with Crippen LogP contribution >= 0.6 is 0 Å². The first-order valence-corrected chi connectivity index (χ1v) is 13.6. The van der Waals surface area contributed by atoms with Crippen molar-refractivity contribution < 1.29 is 14.4 Å². The molecule has 6 rings (SSSR count). The fraction of sp³-hybridized carbons (Fsp3) is 0.324. The fourth-order valence-corrected chi connectivity index (χ4v) is 8.20. The van der Waals surface area contributed by atoms with E-state index < -0.39 is 22.7 Å². The van der Waals surface area contributed by atoms with Crippen molar-refractivity contribution in [1.29, 1.82) is 0 Å². The third kappa shape index (κ3) is 2.78. The molecule has 38 heavy (non-hydrogen) atoms. The molecule has 0 spiro atoms. The summed E-state index contributed by atoms with van der Waals surface area (Å²) >= 11 is 0. The van der Waals surface area contributed by atoms with E-state index in [1.165, 1.54) is 4.90 Å². The highest BCUT2D eigenvalue weighted by molar-refractivity contribution is 6.35. The highest BCUT2D eigenvalue weighted by atomic mass is 16.2. The fourth-order valence-electron chi connectivity index (χ4n) is 8.20. The zero-order valence-electron chi connectivity index (χ0n) is 22.7. The molecule has 2 bridgehead atoms. The number of ketones is 1. The average Bonchev–Trinajstić information content (AvgIpc) is 3.41. The van der Waals surface area contributed by atoms with Gasteiger partial charge in [0.1, 0.15) is 0 Å². The summed E-state index contributed by atoms with van der Waals surface area (Å²) in [6.07, 6.45) is 0.933. The zero-order valence-corrected chi connectivity index (χ0v) is 22.7. The molecule has 4 heteroatoms. The number of imide groups is 1. The van der Waals surface area contributed by atoms with Gasteiger partial charge in [-0.15, -0.1) is 0 Å². The second-order valence-electron chi connectivity index (χ2n) is 11.2. The number of hydrogen-bond acceptors (Lipinski definition) is 3. The normalized spacial score (nSPS) is 28.0. The van der Waals surface area contributed by atoms with Gasteiger partial charge in [-0.05, 0) is 67.0 Å². The van der Waals surface area contributed by atoms with Crippen LogP contribution < -0.4 is 4.90 Å². The van der Waals surface area contributed by atoms with Crippen molar-refractivity contribution in [3.05, 3.63) is 101 Å². The van der Waals surface area contributed by atoms with Crippen molar-refractivity contribution >= 4 is 34.4 Å². The van der Waals surface area contributed by atoms with Gasteiger partial charge in [-0.3, -0.25) is 14.4 Å². The van der Waals surface area contributed by atoms with E-state index in [0.29, 0.717) is 18.5 Å². The number of hydrogen-bond donors (Lipinski definition) is 0. The van der Waals surface area contributed by atoms with Crippen molar-refractivity contribution in [2.24, 2.45) is 22.7 Å². The van der Waals surface area contributed by atoms with Gasteiger partial charge < -0.3 is 0 Å². The van der Waals surface area contributed by atoms with E-state index in [4.69, 9.17) is 0 Å². The largest absolute Gasteiger partial charge is 0.298 e. The number of amides is 2. The summed E-state index contributed by atoms with van der Waals surface area (Å²) in [5.74, 6) is -1.85. The van der Waals surface area contributed by atoms with Crippen LogP contribution in [0.4, 0.5) is 5.69 Å². The molecule has 4 unspecified atom stereocenters. The van der Waals surface area contributed by atoms with E-state index in [2.05, 4.69) is 0 Å². The van der Waals surface area contributed by atoms with Crippen molar-refractivity contribution in [3.63, 3.8) is 0 Å². The quantitative estimate of drug-likeness (QED) is 0.363. The number of anilines is 1. The second kappa shape index (κ2) is 8.36. The number of carbonyl (C=O) groups excluding carboxylic acids is 3. The Balaban J connectivity index is 1.68. The smallest absolute Gasteiger partial charge is 0.239 e. The number of aryl methyl sites for hydroxylation is 3. The number of allylic oxidation sites excluding steroid dienone is 2. The third-order valence-electron chi connectivity index (χ3n) is 9.42. The van der Waals surface area contributed by atoms with Crippen LogP contribution in [0.15, 0.2) is 72.8 Å². The van der Waals surface area contributed by atoms with E-state index in [9.17, 15) is 14.4 Å². The Hall–Kier alpha value is -3.79. The number of rotatable bonds is 5. The van der Waals surface area contributed by atoms with Gasteiger partial charge in [0.05, 0.1) is 28.4 Å². The number of benzene rings is 3. The van der Waals surface area contributed by atoms with E-state index in [1.54, 1.807) is 0 Å². The van der Waals surface area contributed by atoms with E-state index in [1.807, 2.05) is 107 Å². The highest BCUT2D eigenvalue weighted by Gasteiger charge is 2.80. The summed E-state index contributed by atoms with van der Waals surface area (Å²) in [6, 6.07) is 24.0. The van der Waals surface area contributed by atoms with Gasteiger partial charge in [0.15, 0.2) is 5.78 Å². The van der Waals surface area contributed by atoms with Crippen LogP contribution in [-0.2, 0) is 14.4 Å². The maximum atomic E-state index is 14.8.